The first kappa shape index (κ1) is 15.2. The molecule has 2 fully saturated rings. The molecule has 0 saturated carbocycles. The highest BCUT2D eigenvalue weighted by molar-refractivity contribution is 7.22. The van der Waals surface area contributed by atoms with E-state index in [4.69, 9.17) is 14.5 Å². The topological polar surface area (TPSA) is 37.8 Å². The van der Waals surface area contributed by atoms with Crippen molar-refractivity contribution in [2.24, 2.45) is 0 Å². The molecule has 1 aromatic heterocycles. The minimum atomic E-state index is 0.626. The SMILES string of the molecule is COc1cccc2sc(N3CCCC(N4CCOCC4)C3)nc12. The van der Waals surface area contributed by atoms with E-state index in [-0.39, 0.29) is 0 Å². The van der Waals surface area contributed by atoms with Gasteiger partial charge in [0.05, 0.1) is 25.0 Å². The molecule has 2 aliphatic heterocycles. The summed E-state index contributed by atoms with van der Waals surface area (Å²) in [5.74, 6) is 0.867. The van der Waals surface area contributed by atoms with E-state index in [1.807, 2.05) is 12.1 Å². The van der Waals surface area contributed by atoms with Crippen molar-refractivity contribution in [1.29, 1.82) is 0 Å². The van der Waals surface area contributed by atoms with Crippen LogP contribution in [0.1, 0.15) is 12.8 Å². The van der Waals surface area contributed by atoms with Crippen LogP contribution in [-0.2, 0) is 4.74 Å². The summed E-state index contributed by atoms with van der Waals surface area (Å²) in [5.41, 5.74) is 0.989. The number of benzene rings is 1. The van der Waals surface area contributed by atoms with Crippen molar-refractivity contribution in [2.45, 2.75) is 18.9 Å². The van der Waals surface area contributed by atoms with E-state index in [2.05, 4.69) is 15.9 Å². The normalized spacial score (nSPS) is 23.3. The molecule has 2 aliphatic rings. The van der Waals surface area contributed by atoms with Gasteiger partial charge in [0.2, 0.25) is 0 Å². The number of morpholine rings is 1. The van der Waals surface area contributed by atoms with E-state index in [0.717, 1.165) is 55.8 Å². The first-order valence-electron chi connectivity index (χ1n) is 8.35. The standard InChI is InChI=1S/C17H23N3O2S/c1-21-14-5-2-6-15-16(14)18-17(23-15)20-7-3-4-13(12-20)19-8-10-22-11-9-19/h2,5-6,13H,3-4,7-12H2,1H3. The number of ether oxygens (including phenoxy) is 2. The van der Waals surface area contributed by atoms with Gasteiger partial charge in [-0.25, -0.2) is 4.98 Å². The third-order valence-corrected chi connectivity index (χ3v) is 5.90. The molecular formula is C17H23N3O2S. The molecule has 124 valence electrons. The summed E-state index contributed by atoms with van der Waals surface area (Å²) in [5, 5.41) is 1.13. The number of anilines is 1. The van der Waals surface area contributed by atoms with Crippen molar-refractivity contribution in [3.63, 3.8) is 0 Å². The van der Waals surface area contributed by atoms with Crippen LogP contribution in [0.5, 0.6) is 5.75 Å². The predicted molar refractivity (Wildman–Crippen MR) is 93.8 cm³/mol. The Kier molecular flexibility index (Phi) is 4.37. The number of hydrogen-bond acceptors (Lipinski definition) is 6. The van der Waals surface area contributed by atoms with E-state index in [1.54, 1.807) is 18.4 Å². The molecule has 0 amide bonds. The fourth-order valence-electron chi connectivity index (χ4n) is 3.58. The van der Waals surface area contributed by atoms with Crippen LogP contribution >= 0.6 is 11.3 Å². The minimum absolute atomic E-state index is 0.626. The molecule has 0 bridgehead atoms. The smallest absolute Gasteiger partial charge is 0.186 e. The molecule has 1 unspecified atom stereocenters. The van der Waals surface area contributed by atoms with Gasteiger partial charge in [-0.2, -0.15) is 0 Å². The molecular weight excluding hydrogens is 310 g/mol. The quantitative estimate of drug-likeness (QED) is 0.863. The largest absolute Gasteiger partial charge is 0.494 e. The lowest BCUT2D eigenvalue weighted by molar-refractivity contribution is 0.0137. The highest BCUT2D eigenvalue weighted by Gasteiger charge is 2.28. The Labute approximate surface area is 140 Å². The lowest BCUT2D eigenvalue weighted by Gasteiger charge is -2.40. The minimum Gasteiger partial charge on any atom is -0.494 e. The summed E-state index contributed by atoms with van der Waals surface area (Å²) in [4.78, 5) is 9.90. The van der Waals surface area contributed by atoms with E-state index in [1.165, 1.54) is 17.5 Å². The Morgan fingerprint density at radius 1 is 1.26 bits per heavy atom. The summed E-state index contributed by atoms with van der Waals surface area (Å²) in [7, 11) is 1.71. The third-order valence-electron chi connectivity index (χ3n) is 4.82. The lowest BCUT2D eigenvalue weighted by atomic mass is 10.0. The van der Waals surface area contributed by atoms with Crippen LogP contribution < -0.4 is 9.64 Å². The maximum atomic E-state index is 5.49. The van der Waals surface area contributed by atoms with Gasteiger partial charge in [0.15, 0.2) is 5.13 Å². The average Bonchev–Trinajstić information content (AvgIpc) is 3.07. The number of thiazole rings is 1. The maximum absolute atomic E-state index is 5.49. The van der Waals surface area contributed by atoms with Crippen LogP contribution in [-0.4, -0.2) is 62.4 Å². The zero-order valence-corrected chi connectivity index (χ0v) is 14.3. The summed E-state index contributed by atoms with van der Waals surface area (Å²) in [6, 6.07) is 6.78. The van der Waals surface area contributed by atoms with Crippen LogP contribution in [0.15, 0.2) is 18.2 Å². The number of fused-ring (bicyclic) bond motifs is 1. The number of para-hydroxylation sites is 1. The van der Waals surface area contributed by atoms with Gasteiger partial charge in [-0.05, 0) is 25.0 Å². The Balaban J connectivity index is 1.55. The van der Waals surface area contributed by atoms with Crippen molar-refractivity contribution in [3.05, 3.63) is 18.2 Å². The van der Waals surface area contributed by atoms with Gasteiger partial charge in [0, 0.05) is 32.2 Å². The van der Waals surface area contributed by atoms with E-state index in [9.17, 15) is 0 Å². The molecule has 23 heavy (non-hydrogen) atoms. The number of piperidine rings is 1. The summed E-state index contributed by atoms with van der Waals surface area (Å²) in [6.45, 7) is 6.03. The molecule has 5 nitrogen and oxygen atoms in total. The first-order chi connectivity index (χ1) is 11.3. The number of nitrogens with zero attached hydrogens (tertiary/aromatic N) is 3. The zero-order chi connectivity index (χ0) is 15.6. The fraction of sp³-hybridized carbons (Fsp3) is 0.588. The van der Waals surface area contributed by atoms with Crippen LogP contribution in [0, 0.1) is 0 Å². The van der Waals surface area contributed by atoms with Crippen molar-refractivity contribution in [2.75, 3.05) is 51.4 Å². The highest BCUT2D eigenvalue weighted by Crippen LogP contribution is 2.35. The second kappa shape index (κ2) is 6.63. The average molecular weight is 333 g/mol. The molecule has 6 heteroatoms. The first-order valence-corrected chi connectivity index (χ1v) is 9.17. The molecule has 2 saturated heterocycles. The zero-order valence-electron chi connectivity index (χ0n) is 13.5. The van der Waals surface area contributed by atoms with Crippen LogP contribution in [0.3, 0.4) is 0 Å². The lowest BCUT2D eigenvalue weighted by Crippen LogP contribution is -2.51. The van der Waals surface area contributed by atoms with Crippen molar-refractivity contribution in [1.82, 2.24) is 9.88 Å². The predicted octanol–water partition coefficient (Wildman–Crippen LogP) is 2.61. The maximum Gasteiger partial charge on any atom is 0.186 e. The molecule has 1 aromatic carbocycles. The van der Waals surface area contributed by atoms with Gasteiger partial charge < -0.3 is 14.4 Å². The molecule has 4 rings (SSSR count). The summed E-state index contributed by atoms with van der Waals surface area (Å²) >= 11 is 1.77. The fourth-order valence-corrected chi connectivity index (χ4v) is 4.60. The van der Waals surface area contributed by atoms with Crippen molar-refractivity contribution >= 4 is 26.7 Å². The van der Waals surface area contributed by atoms with Crippen LogP contribution in [0.4, 0.5) is 5.13 Å². The van der Waals surface area contributed by atoms with Gasteiger partial charge in [-0.15, -0.1) is 0 Å². The van der Waals surface area contributed by atoms with E-state index in [0.29, 0.717) is 6.04 Å². The molecule has 0 N–H and O–H groups in total. The molecule has 0 aliphatic carbocycles. The van der Waals surface area contributed by atoms with Crippen molar-refractivity contribution in [3.8, 4) is 5.75 Å². The molecule has 0 spiro atoms. The second-order valence-corrected chi connectivity index (χ2v) is 7.20. The number of hydrogen-bond donors (Lipinski definition) is 0. The second-order valence-electron chi connectivity index (χ2n) is 6.19. The number of aromatic nitrogens is 1. The molecule has 2 aromatic rings. The van der Waals surface area contributed by atoms with Crippen LogP contribution in [0.2, 0.25) is 0 Å². The molecule has 0 radical (unpaired) electrons. The van der Waals surface area contributed by atoms with E-state index < -0.39 is 0 Å². The Hall–Kier alpha value is -1.37. The van der Waals surface area contributed by atoms with Crippen molar-refractivity contribution < 1.29 is 9.47 Å². The molecule has 1 atom stereocenters. The number of rotatable bonds is 3. The summed E-state index contributed by atoms with van der Waals surface area (Å²) < 4.78 is 12.1. The Morgan fingerprint density at radius 2 is 2.13 bits per heavy atom. The monoisotopic (exact) mass is 333 g/mol. The van der Waals surface area contributed by atoms with Gasteiger partial charge >= 0.3 is 0 Å². The molecule has 3 heterocycles. The summed E-state index contributed by atoms with van der Waals surface area (Å²) in [6.07, 6.45) is 2.51. The van der Waals surface area contributed by atoms with Gasteiger partial charge in [-0.1, -0.05) is 17.4 Å². The Morgan fingerprint density at radius 3 is 2.96 bits per heavy atom. The number of methoxy groups -OCH3 is 1. The van der Waals surface area contributed by atoms with Gasteiger partial charge in [0.1, 0.15) is 11.3 Å². The van der Waals surface area contributed by atoms with Crippen LogP contribution in [0.25, 0.3) is 10.2 Å². The third kappa shape index (κ3) is 3.03. The Bertz CT molecular complexity index is 669. The van der Waals surface area contributed by atoms with E-state index >= 15 is 0 Å². The highest BCUT2D eigenvalue weighted by atomic mass is 32.1. The van der Waals surface area contributed by atoms with Gasteiger partial charge in [0.25, 0.3) is 0 Å². The van der Waals surface area contributed by atoms with Gasteiger partial charge in [-0.3, -0.25) is 4.90 Å².